The van der Waals surface area contributed by atoms with E-state index < -0.39 is 17.4 Å². The first-order valence-corrected chi connectivity index (χ1v) is 4.61. The SMILES string of the molecule is COC1(c2ccccc2)OC1(O)C(C)=O. The second kappa shape index (κ2) is 3.13. The highest BCUT2D eigenvalue weighted by Gasteiger charge is 2.75. The van der Waals surface area contributed by atoms with Gasteiger partial charge < -0.3 is 9.84 Å². The smallest absolute Gasteiger partial charge is 0.290 e. The summed E-state index contributed by atoms with van der Waals surface area (Å²) in [4.78, 5) is 11.2. The molecular weight excluding hydrogens is 196 g/mol. The van der Waals surface area contributed by atoms with Crippen LogP contribution in [0.1, 0.15) is 12.5 Å². The summed E-state index contributed by atoms with van der Waals surface area (Å²) in [6.45, 7) is 1.27. The number of carbonyl (C=O) groups is 1. The summed E-state index contributed by atoms with van der Waals surface area (Å²) in [5.74, 6) is -3.64. The Morgan fingerprint density at radius 2 is 2.00 bits per heavy atom. The molecule has 1 aliphatic heterocycles. The third kappa shape index (κ3) is 1.23. The number of hydrogen-bond donors (Lipinski definition) is 1. The molecule has 0 radical (unpaired) electrons. The van der Waals surface area contributed by atoms with Gasteiger partial charge in [-0.2, -0.15) is 0 Å². The molecule has 4 heteroatoms. The summed E-state index contributed by atoms with van der Waals surface area (Å²) in [6, 6.07) is 8.90. The molecule has 2 unspecified atom stereocenters. The van der Waals surface area contributed by atoms with E-state index in [0.29, 0.717) is 5.56 Å². The summed E-state index contributed by atoms with van der Waals surface area (Å²) >= 11 is 0. The number of hydrogen-bond acceptors (Lipinski definition) is 4. The topological polar surface area (TPSA) is 59.1 Å². The minimum absolute atomic E-state index is 0.465. The number of aliphatic hydroxyl groups is 1. The molecule has 1 aromatic carbocycles. The fraction of sp³-hybridized carbons (Fsp3) is 0.364. The van der Waals surface area contributed by atoms with Gasteiger partial charge in [0, 0.05) is 19.6 Å². The molecule has 0 amide bonds. The summed E-state index contributed by atoms with van der Waals surface area (Å²) in [7, 11) is 1.40. The molecule has 0 bridgehead atoms. The zero-order valence-electron chi connectivity index (χ0n) is 8.56. The molecule has 2 atom stereocenters. The Hall–Kier alpha value is -1.23. The Bertz CT molecular complexity index is 389. The summed E-state index contributed by atoms with van der Waals surface area (Å²) in [6.07, 6.45) is 0. The van der Waals surface area contributed by atoms with E-state index in [-0.39, 0.29) is 0 Å². The van der Waals surface area contributed by atoms with Crippen LogP contribution in [0.3, 0.4) is 0 Å². The Balaban J connectivity index is 2.40. The van der Waals surface area contributed by atoms with Crippen LogP contribution in [-0.4, -0.2) is 23.8 Å². The molecule has 0 saturated carbocycles. The van der Waals surface area contributed by atoms with Crippen LogP contribution in [0.2, 0.25) is 0 Å². The fourth-order valence-electron chi connectivity index (χ4n) is 1.70. The first-order valence-electron chi connectivity index (χ1n) is 4.61. The van der Waals surface area contributed by atoms with E-state index >= 15 is 0 Å². The molecule has 0 aliphatic carbocycles. The maximum Gasteiger partial charge on any atom is 0.290 e. The second-order valence-corrected chi connectivity index (χ2v) is 3.49. The van der Waals surface area contributed by atoms with E-state index in [9.17, 15) is 9.90 Å². The van der Waals surface area contributed by atoms with Gasteiger partial charge in [-0.05, 0) is 0 Å². The zero-order valence-corrected chi connectivity index (χ0v) is 8.56. The predicted octanol–water partition coefficient (Wildman–Crippen LogP) is 0.794. The standard InChI is InChI=1S/C11H12O4/c1-8(12)10(13)11(14-2,15-10)9-6-4-3-5-7-9/h3-7,13H,1-2H3. The van der Waals surface area contributed by atoms with E-state index in [2.05, 4.69) is 0 Å². The highest BCUT2D eigenvalue weighted by atomic mass is 16.9. The van der Waals surface area contributed by atoms with Gasteiger partial charge in [-0.3, -0.25) is 9.53 Å². The number of Topliss-reactive ketones (excluding diaryl/α,β-unsaturated/α-hetero) is 1. The van der Waals surface area contributed by atoms with E-state index in [1.807, 2.05) is 6.07 Å². The number of benzene rings is 1. The molecule has 15 heavy (non-hydrogen) atoms. The van der Waals surface area contributed by atoms with Gasteiger partial charge in [0.1, 0.15) is 0 Å². The molecule has 4 nitrogen and oxygen atoms in total. The number of carbonyl (C=O) groups excluding carboxylic acids is 1. The Kier molecular flexibility index (Phi) is 2.15. The van der Waals surface area contributed by atoms with Gasteiger partial charge in [0.05, 0.1) is 0 Å². The van der Waals surface area contributed by atoms with Crippen LogP contribution in [0.4, 0.5) is 0 Å². The summed E-state index contributed by atoms with van der Waals surface area (Å²) < 4.78 is 10.2. The molecule has 1 fully saturated rings. The van der Waals surface area contributed by atoms with Gasteiger partial charge in [0.25, 0.3) is 11.6 Å². The van der Waals surface area contributed by atoms with Crippen molar-refractivity contribution in [1.82, 2.24) is 0 Å². The number of epoxide rings is 1. The van der Waals surface area contributed by atoms with Crippen molar-refractivity contribution < 1.29 is 19.4 Å². The average molecular weight is 208 g/mol. The fourth-order valence-corrected chi connectivity index (χ4v) is 1.70. The Morgan fingerprint density at radius 3 is 2.40 bits per heavy atom. The lowest BCUT2D eigenvalue weighted by molar-refractivity contribution is -0.135. The first kappa shape index (κ1) is 10.3. The molecule has 2 rings (SSSR count). The van der Waals surface area contributed by atoms with Gasteiger partial charge >= 0.3 is 0 Å². The molecule has 1 N–H and O–H groups in total. The Labute approximate surface area is 87.4 Å². The van der Waals surface area contributed by atoms with E-state index in [1.54, 1.807) is 24.3 Å². The molecule has 0 spiro atoms. The van der Waals surface area contributed by atoms with Crippen molar-refractivity contribution in [2.45, 2.75) is 18.5 Å². The summed E-state index contributed by atoms with van der Waals surface area (Å²) in [5, 5.41) is 9.87. The minimum atomic E-state index is -1.84. The van der Waals surface area contributed by atoms with E-state index in [0.717, 1.165) is 0 Å². The van der Waals surface area contributed by atoms with Crippen LogP contribution in [0, 0.1) is 0 Å². The molecule has 80 valence electrons. The molecule has 1 aromatic rings. The quantitative estimate of drug-likeness (QED) is 0.746. The van der Waals surface area contributed by atoms with Crippen molar-refractivity contribution in [3.8, 4) is 0 Å². The monoisotopic (exact) mass is 208 g/mol. The van der Waals surface area contributed by atoms with Crippen molar-refractivity contribution in [2.24, 2.45) is 0 Å². The maximum absolute atomic E-state index is 11.2. The van der Waals surface area contributed by atoms with Gasteiger partial charge in [-0.1, -0.05) is 30.3 Å². The van der Waals surface area contributed by atoms with Crippen LogP contribution in [0.25, 0.3) is 0 Å². The zero-order chi connectivity index (χ0) is 11.1. The van der Waals surface area contributed by atoms with Crippen LogP contribution < -0.4 is 0 Å². The van der Waals surface area contributed by atoms with Gasteiger partial charge in [0.15, 0.2) is 5.78 Å². The molecule has 1 aliphatic rings. The van der Waals surface area contributed by atoms with Crippen LogP contribution in [0.15, 0.2) is 30.3 Å². The number of ketones is 1. The number of rotatable bonds is 3. The van der Waals surface area contributed by atoms with Crippen molar-refractivity contribution in [3.05, 3.63) is 35.9 Å². The van der Waals surface area contributed by atoms with Crippen molar-refractivity contribution in [1.29, 1.82) is 0 Å². The molecule has 0 aromatic heterocycles. The average Bonchev–Trinajstić information content (AvgIpc) is 2.89. The third-order valence-corrected chi connectivity index (χ3v) is 2.61. The molecule has 1 heterocycles. The summed E-state index contributed by atoms with van der Waals surface area (Å²) in [5.41, 5.74) is 0.630. The number of ether oxygens (including phenoxy) is 2. The van der Waals surface area contributed by atoms with Gasteiger partial charge in [-0.25, -0.2) is 0 Å². The third-order valence-electron chi connectivity index (χ3n) is 2.61. The van der Waals surface area contributed by atoms with Crippen molar-refractivity contribution in [2.75, 3.05) is 7.11 Å². The largest absolute Gasteiger partial charge is 0.355 e. The highest BCUT2D eigenvalue weighted by Crippen LogP contribution is 2.54. The predicted molar refractivity (Wildman–Crippen MR) is 51.8 cm³/mol. The van der Waals surface area contributed by atoms with Gasteiger partial charge in [0.2, 0.25) is 0 Å². The van der Waals surface area contributed by atoms with Crippen LogP contribution in [0.5, 0.6) is 0 Å². The van der Waals surface area contributed by atoms with Gasteiger partial charge in [-0.15, -0.1) is 0 Å². The highest BCUT2D eigenvalue weighted by molar-refractivity contribution is 5.87. The normalized spacial score (nSPS) is 33.8. The lowest BCUT2D eigenvalue weighted by Gasteiger charge is -2.12. The van der Waals surface area contributed by atoms with E-state index in [4.69, 9.17) is 9.47 Å². The lowest BCUT2D eigenvalue weighted by Crippen LogP contribution is -2.32. The van der Waals surface area contributed by atoms with Crippen molar-refractivity contribution in [3.63, 3.8) is 0 Å². The minimum Gasteiger partial charge on any atom is -0.355 e. The molecule has 1 saturated heterocycles. The van der Waals surface area contributed by atoms with Crippen molar-refractivity contribution >= 4 is 5.78 Å². The lowest BCUT2D eigenvalue weighted by atomic mass is 10.0. The number of methoxy groups -OCH3 is 1. The van der Waals surface area contributed by atoms with Crippen LogP contribution >= 0.6 is 0 Å². The van der Waals surface area contributed by atoms with E-state index in [1.165, 1.54) is 14.0 Å². The maximum atomic E-state index is 11.2. The first-order chi connectivity index (χ1) is 7.07. The second-order valence-electron chi connectivity index (χ2n) is 3.49. The molecular formula is C11H12O4. The van der Waals surface area contributed by atoms with Crippen LogP contribution in [-0.2, 0) is 20.1 Å². The Morgan fingerprint density at radius 1 is 1.40 bits per heavy atom.